The number of nitrogens with one attached hydrogen (secondary N) is 1. The summed E-state index contributed by atoms with van der Waals surface area (Å²) >= 11 is 0. The Labute approximate surface area is 178 Å². The van der Waals surface area contributed by atoms with Gasteiger partial charge in [0.1, 0.15) is 27.7 Å². The smallest absolute Gasteiger partial charge is 0.239 e. The summed E-state index contributed by atoms with van der Waals surface area (Å²) in [5.74, 6) is 0.989. The molecule has 0 radical (unpaired) electrons. The zero-order valence-corrected chi connectivity index (χ0v) is 17.6. The molecule has 4 heterocycles. The molecule has 0 amide bonds. The molecule has 3 aromatic rings. The van der Waals surface area contributed by atoms with Gasteiger partial charge in [0, 0.05) is 24.8 Å². The Hall–Kier alpha value is -3.12. The molecular formula is C19H21FN8O2S. The van der Waals surface area contributed by atoms with Crippen LogP contribution in [0.2, 0.25) is 0 Å². The Morgan fingerprint density at radius 2 is 1.94 bits per heavy atom. The number of aromatic nitrogens is 4. The topological polar surface area (TPSA) is 131 Å². The van der Waals surface area contributed by atoms with Gasteiger partial charge >= 0.3 is 0 Å². The zero-order chi connectivity index (χ0) is 21.8. The Bertz CT molecular complexity index is 1300. The molecular weight excluding hydrogens is 423 g/mol. The molecule has 1 saturated carbocycles. The Balaban J connectivity index is 1.57. The highest BCUT2D eigenvalue weighted by Crippen LogP contribution is 2.45. The number of anilines is 3. The second-order valence-electron chi connectivity index (χ2n) is 7.87. The number of sulfonamides is 1. The van der Waals surface area contributed by atoms with Crippen LogP contribution in [0.4, 0.5) is 22.0 Å². The average Bonchev–Trinajstić information content (AvgIpc) is 3.13. The summed E-state index contributed by atoms with van der Waals surface area (Å²) in [6.45, 7) is 0. The maximum absolute atomic E-state index is 15.2. The summed E-state index contributed by atoms with van der Waals surface area (Å²) in [7, 11) is -2.11. The molecule has 0 bridgehead atoms. The maximum atomic E-state index is 15.2. The summed E-state index contributed by atoms with van der Waals surface area (Å²) in [6, 6.07) is 4.73. The van der Waals surface area contributed by atoms with Crippen LogP contribution >= 0.6 is 0 Å². The van der Waals surface area contributed by atoms with Crippen molar-refractivity contribution in [3.63, 3.8) is 0 Å². The van der Waals surface area contributed by atoms with E-state index >= 15 is 4.39 Å². The van der Waals surface area contributed by atoms with Gasteiger partial charge in [-0.05, 0) is 31.0 Å². The lowest BCUT2D eigenvalue weighted by molar-refractivity contribution is 0.263. The van der Waals surface area contributed by atoms with Crippen molar-refractivity contribution in [2.45, 2.75) is 42.5 Å². The van der Waals surface area contributed by atoms with Crippen molar-refractivity contribution in [1.29, 1.82) is 0 Å². The van der Waals surface area contributed by atoms with Crippen molar-refractivity contribution in [2.75, 3.05) is 17.4 Å². The molecule has 3 aromatic heterocycles. The van der Waals surface area contributed by atoms with Crippen LogP contribution < -0.4 is 15.5 Å². The van der Waals surface area contributed by atoms with E-state index in [9.17, 15) is 8.42 Å². The number of nitrogens with two attached hydrogens (primary N) is 1. The van der Waals surface area contributed by atoms with E-state index in [1.54, 1.807) is 13.2 Å². The van der Waals surface area contributed by atoms with Gasteiger partial charge in [-0.3, -0.25) is 4.57 Å². The van der Waals surface area contributed by atoms with Gasteiger partial charge in [-0.1, -0.05) is 19.3 Å². The van der Waals surface area contributed by atoms with Crippen molar-refractivity contribution in [3.8, 4) is 0 Å². The second kappa shape index (κ2) is 6.95. The molecule has 3 N–H and O–H groups in total. The van der Waals surface area contributed by atoms with Crippen molar-refractivity contribution in [3.05, 3.63) is 30.6 Å². The molecule has 12 heteroatoms. The number of halogens is 1. The summed E-state index contributed by atoms with van der Waals surface area (Å²) in [4.78, 5) is 12.9. The van der Waals surface area contributed by atoms with Gasteiger partial charge in [0.15, 0.2) is 0 Å². The van der Waals surface area contributed by atoms with Crippen LogP contribution in [0, 0.1) is 0 Å². The molecule has 0 aromatic carbocycles. The molecule has 0 unspecified atom stereocenters. The van der Waals surface area contributed by atoms with Gasteiger partial charge in [-0.2, -0.15) is 9.37 Å². The third kappa shape index (κ3) is 3.22. The maximum Gasteiger partial charge on any atom is 0.239 e. The molecule has 1 fully saturated rings. The molecule has 10 nitrogen and oxygen atoms in total. The number of pyridine rings is 1. The molecule has 1 spiro atoms. The van der Waals surface area contributed by atoms with Gasteiger partial charge < -0.3 is 5.32 Å². The highest BCUT2D eigenvalue weighted by molar-refractivity contribution is 7.89. The first-order valence-electron chi connectivity index (χ1n) is 9.91. The van der Waals surface area contributed by atoms with Crippen LogP contribution in [0.3, 0.4) is 0 Å². The quantitative estimate of drug-likeness (QED) is 0.635. The average molecular weight is 444 g/mol. The standard InChI is InChI=1S/C19H21FN8O2S/c1-27-15-9-12-10-23-18(24-14-6-5-13(11-22-14)31(21,29)30)25-16(12)28(15)19(17(20)26-27)7-3-2-4-8-19/h5-6,9-11H,2-4,7-8H2,1H3,(H2,21,29,30)(H,22,23,24,25). The number of hydrogen-bond acceptors (Lipinski definition) is 8. The van der Waals surface area contributed by atoms with E-state index in [1.165, 1.54) is 17.1 Å². The van der Waals surface area contributed by atoms with E-state index < -0.39 is 21.5 Å². The van der Waals surface area contributed by atoms with Crippen molar-refractivity contribution in [1.82, 2.24) is 19.5 Å². The van der Waals surface area contributed by atoms with Gasteiger partial charge in [0.25, 0.3) is 0 Å². The van der Waals surface area contributed by atoms with Crippen LogP contribution in [-0.4, -0.2) is 40.9 Å². The second-order valence-corrected chi connectivity index (χ2v) is 9.43. The predicted molar refractivity (Wildman–Crippen MR) is 114 cm³/mol. The van der Waals surface area contributed by atoms with Crippen LogP contribution in [0.25, 0.3) is 11.0 Å². The Morgan fingerprint density at radius 3 is 2.61 bits per heavy atom. The summed E-state index contributed by atoms with van der Waals surface area (Å²) < 4.78 is 39.9. The first kappa shape index (κ1) is 19.8. The molecule has 2 aliphatic rings. The molecule has 0 atom stereocenters. The lowest BCUT2D eigenvalue weighted by atomic mass is 9.81. The summed E-state index contributed by atoms with van der Waals surface area (Å²) in [5, 5.41) is 14.5. The number of hydrogen-bond donors (Lipinski definition) is 2. The monoisotopic (exact) mass is 444 g/mol. The fourth-order valence-corrected chi connectivity index (χ4v) is 4.82. The van der Waals surface area contributed by atoms with Crippen molar-refractivity contribution in [2.24, 2.45) is 10.2 Å². The normalized spacial score (nSPS) is 18.2. The van der Waals surface area contributed by atoms with E-state index in [-0.39, 0.29) is 10.8 Å². The highest BCUT2D eigenvalue weighted by Gasteiger charge is 2.45. The van der Waals surface area contributed by atoms with E-state index in [0.29, 0.717) is 24.3 Å². The molecule has 0 saturated heterocycles. The minimum atomic E-state index is -3.83. The van der Waals surface area contributed by atoms with Crippen LogP contribution in [0.5, 0.6) is 0 Å². The fraction of sp³-hybridized carbons (Fsp3) is 0.368. The SMILES string of the molecule is CN1N=C(F)C2(CCCCC2)n2c1cc1cnc(Nc3ccc(S(N)(=O)=O)cn3)nc12. The lowest BCUT2D eigenvalue weighted by Crippen LogP contribution is -2.46. The zero-order valence-electron chi connectivity index (χ0n) is 16.8. The third-order valence-electron chi connectivity index (χ3n) is 5.89. The van der Waals surface area contributed by atoms with Gasteiger partial charge in [0.2, 0.25) is 21.9 Å². The fourth-order valence-electron chi connectivity index (χ4n) is 4.37. The number of rotatable bonds is 3. The predicted octanol–water partition coefficient (Wildman–Crippen LogP) is 2.61. The van der Waals surface area contributed by atoms with Crippen LogP contribution in [-0.2, 0) is 15.6 Å². The molecule has 1 aliphatic heterocycles. The minimum Gasteiger partial charge on any atom is -0.309 e. The number of fused-ring (bicyclic) bond motifs is 4. The van der Waals surface area contributed by atoms with Crippen molar-refractivity contribution >= 4 is 44.6 Å². The molecule has 162 valence electrons. The van der Waals surface area contributed by atoms with Crippen molar-refractivity contribution < 1.29 is 12.8 Å². The lowest BCUT2D eigenvalue weighted by Gasteiger charge is -2.41. The minimum absolute atomic E-state index is 0.0906. The summed E-state index contributed by atoms with van der Waals surface area (Å²) in [6.07, 6.45) is 7.06. The molecule has 5 rings (SSSR count). The highest BCUT2D eigenvalue weighted by atomic mass is 32.2. The van der Waals surface area contributed by atoms with Gasteiger partial charge in [-0.15, -0.1) is 5.10 Å². The third-order valence-corrected chi connectivity index (χ3v) is 6.79. The number of hydrazone groups is 1. The first-order chi connectivity index (χ1) is 14.8. The first-order valence-corrected chi connectivity index (χ1v) is 11.5. The molecule has 31 heavy (non-hydrogen) atoms. The largest absolute Gasteiger partial charge is 0.309 e. The number of primary sulfonamides is 1. The Kier molecular flexibility index (Phi) is 4.45. The Morgan fingerprint density at radius 1 is 1.16 bits per heavy atom. The molecule has 1 aliphatic carbocycles. The van der Waals surface area contributed by atoms with E-state index in [1.807, 2.05) is 10.6 Å². The van der Waals surface area contributed by atoms with Crippen LogP contribution in [0.1, 0.15) is 32.1 Å². The van der Waals surface area contributed by atoms with Gasteiger partial charge in [0.05, 0.1) is 0 Å². The van der Waals surface area contributed by atoms with E-state index in [0.717, 1.165) is 36.7 Å². The number of nitrogens with zero attached hydrogens (tertiary/aromatic N) is 6. The van der Waals surface area contributed by atoms with Gasteiger partial charge in [-0.25, -0.2) is 28.5 Å². The van der Waals surface area contributed by atoms with E-state index in [2.05, 4.69) is 25.4 Å². The summed E-state index contributed by atoms with van der Waals surface area (Å²) in [5.41, 5.74) is -0.226. The van der Waals surface area contributed by atoms with Crippen LogP contribution in [0.15, 0.2) is 40.6 Å². The van der Waals surface area contributed by atoms with E-state index in [4.69, 9.17) is 5.14 Å².